The highest BCUT2D eigenvalue weighted by molar-refractivity contribution is 5.24. The van der Waals surface area contributed by atoms with Gasteiger partial charge in [0.15, 0.2) is 0 Å². The van der Waals surface area contributed by atoms with Gasteiger partial charge in [0.05, 0.1) is 7.11 Å². The molecule has 1 unspecified atom stereocenters. The molecule has 100 valence electrons. The smallest absolute Gasteiger partial charge is 0.213 e. The molecule has 19 heavy (non-hydrogen) atoms. The van der Waals surface area contributed by atoms with Crippen LogP contribution in [0.5, 0.6) is 5.88 Å². The van der Waals surface area contributed by atoms with Crippen molar-refractivity contribution < 1.29 is 4.74 Å². The van der Waals surface area contributed by atoms with E-state index in [0.717, 1.165) is 17.8 Å². The van der Waals surface area contributed by atoms with Crippen LogP contribution in [0.1, 0.15) is 29.8 Å². The van der Waals surface area contributed by atoms with Gasteiger partial charge in [-0.05, 0) is 37.1 Å². The van der Waals surface area contributed by atoms with E-state index in [2.05, 4.69) is 28.3 Å². The van der Waals surface area contributed by atoms with E-state index >= 15 is 0 Å². The summed E-state index contributed by atoms with van der Waals surface area (Å²) in [6.45, 7) is 4.95. The van der Waals surface area contributed by atoms with Crippen molar-refractivity contribution in [3.05, 3.63) is 53.5 Å². The molecule has 0 fully saturated rings. The van der Waals surface area contributed by atoms with Gasteiger partial charge < -0.3 is 10.1 Å². The zero-order chi connectivity index (χ0) is 13.7. The first-order valence-electron chi connectivity index (χ1n) is 6.34. The lowest BCUT2D eigenvalue weighted by Crippen LogP contribution is -2.19. The highest BCUT2D eigenvalue weighted by Crippen LogP contribution is 2.17. The van der Waals surface area contributed by atoms with E-state index in [0.29, 0.717) is 5.88 Å². The molecule has 4 heteroatoms. The first-order valence-corrected chi connectivity index (χ1v) is 6.34. The Hall–Kier alpha value is -1.94. The van der Waals surface area contributed by atoms with Crippen LogP contribution in [0.15, 0.2) is 36.7 Å². The van der Waals surface area contributed by atoms with Crippen LogP contribution < -0.4 is 10.1 Å². The maximum absolute atomic E-state index is 5.14. The van der Waals surface area contributed by atoms with Crippen LogP contribution in [0, 0.1) is 6.92 Å². The molecular formula is C15H19N3O. The Morgan fingerprint density at radius 3 is 2.84 bits per heavy atom. The van der Waals surface area contributed by atoms with Crippen molar-refractivity contribution in [1.82, 2.24) is 15.3 Å². The molecule has 1 N–H and O–H groups in total. The Bertz CT molecular complexity index is 542. The molecule has 4 nitrogen and oxygen atoms in total. The fourth-order valence-corrected chi connectivity index (χ4v) is 1.89. The van der Waals surface area contributed by atoms with Crippen molar-refractivity contribution in [1.29, 1.82) is 0 Å². The lowest BCUT2D eigenvalue weighted by Gasteiger charge is -2.15. The maximum Gasteiger partial charge on any atom is 0.213 e. The van der Waals surface area contributed by atoms with Crippen molar-refractivity contribution in [3.63, 3.8) is 0 Å². The first kappa shape index (κ1) is 13.5. The highest BCUT2D eigenvalue weighted by Gasteiger charge is 2.07. The number of methoxy groups -OCH3 is 1. The van der Waals surface area contributed by atoms with Gasteiger partial charge >= 0.3 is 0 Å². The SMILES string of the molecule is COc1cc(C(C)NCc2cccnc2C)ccn1. The number of aromatic nitrogens is 2. The number of aryl methyl sites for hydroxylation is 1. The summed E-state index contributed by atoms with van der Waals surface area (Å²) in [7, 11) is 1.63. The van der Waals surface area contributed by atoms with E-state index in [9.17, 15) is 0 Å². The Morgan fingerprint density at radius 2 is 2.11 bits per heavy atom. The number of pyridine rings is 2. The number of hydrogen-bond donors (Lipinski definition) is 1. The van der Waals surface area contributed by atoms with Gasteiger partial charge in [-0.1, -0.05) is 6.07 Å². The van der Waals surface area contributed by atoms with Gasteiger partial charge in [0.25, 0.3) is 0 Å². The molecule has 2 heterocycles. The number of rotatable bonds is 5. The van der Waals surface area contributed by atoms with Gasteiger partial charge in [-0.15, -0.1) is 0 Å². The van der Waals surface area contributed by atoms with E-state index in [-0.39, 0.29) is 6.04 Å². The van der Waals surface area contributed by atoms with Crippen molar-refractivity contribution in [2.45, 2.75) is 26.4 Å². The Morgan fingerprint density at radius 1 is 1.26 bits per heavy atom. The average Bonchev–Trinajstić information content (AvgIpc) is 2.46. The maximum atomic E-state index is 5.14. The zero-order valence-electron chi connectivity index (χ0n) is 11.6. The molecule has 0 aliphatic heterocycles. The molecule has 0 aliphatic rings. The van der Waals surface area contributed by atoms with Gasteiger partial charge in [0.2, 0.25) is 5.88 Å². The molecular weight excluding hydrogens is 238 g/mol. The summed E-state index contributed by atoms with van der Waals surface area (Å²) >= 11 is 0. The van der Waals surface area contributed by atoms with Gasteiger partial charge in [-0.3, -0.25) is 4.98 Å². The molecule has 0 spiro atoms. The summed E-state index contributed by atoms with van der Waals surface area (Å²) in [4.78, 5) is 8.40. The molecule has 2 aromatic heterocycles. The van der Waals surface area contributed by atoms with Crippen LogP contribution >= 0.6 is 0 Å². The van der Waals surface area contributed by atoms with Gasteiger partial charge in [-0.2, -0.15) is 0 Å². The normalized spacial score (nSPS) is 12.2. The number of nitrogens with one attached hydrogen (secondary N) is 1. The van der Waals surface area contributed by atoms with Crippen LogP contribution in [-0.2, 0) is 6.54 Å². The molecule has 0 aromatic carbocycles. The predicted molar refractivity (Wildman–Crippen MR) is 75.0 cm³/mol. The monoisotopic (exact) mass is 257 g/mol. The molecule has 0 bridgehead atoms. The summed E-state index contributed by atoms with van der Waals surface area (Å²) in [6, 6.07) is 8.24. The largest absolute Gasteiger partial charge is 0.481 e. The quantitative estimate of drug-likeness (QED) is 0.894. The number of ether oxygens (including phenoxy) is 1. The van der Waals surface area contributed by atoms with E-state index in [1.165, 1.54) is 5.56 Å². The van der Waals surface area contributed by atoms with Crippen LogP contribution in [0.3, 0.4) is 0 Å². The highest BCUT2D eigenvalue weighted by atomic mass is 16.5. The fraction of sp³-hybridized carbons (Fsp3) is 0.333. The number of hydrogen-bond acceptors (Lipinski definition) is 4. The van der Waals surface area contributed by atoms with E-state index in [1.54, 1.807) is 13.3 Å². The van der Waals surface area contributed by atoms with E-state index < -0.39 is 0 Å². The lowest BCUT2D eigenvalue weighted by atomic mass is 10.1. The van der Waals surface area contributed by atoms with Crippen LogP contribution in [0.2, 0.25) is 0 Å². The minimum atomic E-state index is 0.233. The minimum absolute atomic E-state index is 0.233. The summed E-state index contributed by atoms with van der Waals surface area (Å²) in [5.41, 5.74) is 3.44. The molecule has 1 atom stereocenters. The lowest BCUT2D eigenvalue weighted by molar-refractivity contribution is 0.396. The average molecular weight is 257 g/mol. The van der Waals surface area contributed by atoms with Crippen LogP contribution in [-0.4, -0.2) is 17.1 Å². The molecule has 0 saturated carbocycles. The van der Waals surface area contributed by atoms with Crippen LogP contribution in [0.25, 0.3) is 0 Å². The van der Waals surface area contributed by atoms with Crippen LogP contribution in [0.4, 0.5) is 0 Å². The molecule has 0 aliphatic carbocycles. The third-order valence-electron chi connectivity index (χ3n) is 3.18. The number of nitrogens with zero attached hydrogens (tertiary/aromatic N) is 2. The summed E-state index contributed by atoms with van der Waals surface area (Å²) in [6.07, 6.45) is 3.58. The Kier molecular flexibility index (Phi) is 4.47. The van der Waals surface area contributed by atoms with Crippen molar-refractivity contribution in [2.24, 2.45) is 0 Å². The Labute approximate surface area is 113 Å². The second-order valence-electron chi connectivity index (χ2n) is 4.48. The Balaban J connectivity index is 2.01. The molecule has 0 radical (unpaired) electrons. The summed E-state index contributed by atoms with van der Waals surface area (Å²) in [5, 5.41) is 3.48. The van der Waals surface area contributed by atoms with Crippen molar-refractivity contribution in [2.75, 3.05) is 7.11 Å². The summed E-state index contributed by atoms with van der Waals surface area (Å²) < 4.78 is 5.14. The fourth-order valence-electron chi connectivity index (χ4n) is 1.89. The molecule has 2 rings (SSSR count). The molecule has 2 aromatic rings. The van der Waals surface area contributed by atoms with E-state index in [1.807, 2.05) is 31.3 Å². The second kappa shape index (κ2) is 6.29. The third-order valence-corrected chi connectivity index (χ3v) is 3.18. The molecule has 0 saturated heterocycles. The van der Waals surface area contributed by atoms with Gasteiger partial charge in [0.1, 0.15) is 0 Å². The third kappa shape index (κ3) is 3.51. The zero-order valence-corrected chi connectivity index (χ0v) is 11.6. The van der Waals surface area contributed by atoms with Crippen molar-refractivity contribution in [3.8, 4) is 5.88 Å². The summed E-state index contributed by atoms with van der Waals surface area (Å²) in [5.74, 6) is 0.642. The first-order chi connectivity index (χ1) is 9.20. The second-order valence-corrected chi connectivity index (χ2v) is 4.48. The van der Waals surface area contributed by atoms with Crippen molar-refractivity contribution >= 4 is 0 Å². The van der Waals surface area contributed by atoms with Gasteiger partial charge in [0, 0.05) is 36.7 Å². The predicted octanol–water partition coefficient (Wildman–Crippen LogP) is 2.64. The minimum Gasteiger partial charge on any atom is -0.481 e. The van der Waals surface area contributed by atoms with E-state index in [4.69, 9.17) is 4.74 Å². The standard InChI is InChI=1S/C15H19N3O/c1-11(13-6-8-17-15(9-13)19-3)18-10-14-5-4-7-16-12(14)2/h4-9,11,18H,10H2,1-3H3. The van der Waals surface area contributed by atoms with Gasteiger partial charge in [-0.25, -0.2) is 4.98 Å². The topological polar surface area (TPSA) is 47.0 Å². The molecule has 0 amide bonds.